The number of aldehydes is 1. The molecule has 92 valence electrons. The first-order chi connectivity index (χ1) is 8.70. The first-order valence-electron chi connectivity index (χ1n) is 5.67. The lowest BCUT2D eigenvalue weighted by Gasteiger charge is -2.16. The minimum Gasteiger partial charge on any atom is -0.485 e. The SMILES string of the molecule is CC(Oc1cc(Cl)ccc1C=O)c1ccccc1. The van der Waals surface area contributed by atoms with Crippen molar-refractivity contribution in [1.82, 2.24) is 0 Å². The number of hydrogen-bond donors (Lipinski definition) is 0. The zero-order valence-corrected chi connectivity index (χ0v) is 10.7. The lowest BCUT2D eigenvalue weighted by Crippen LogP contribution is -2.04. The first-order valence-corrected chi connectivity index (χ1v) is 6.05. The van der Waals surface area contributed by atoms with Gasteiger partial charge in [-0.3, -0.25) is 4.79 Å². The second-order valence-electron chi connectivity index (χ2n) is 3.97. The molecule has 0 fully saturated rings. The van der Waals surface area contributed by atoms with Crippen LogP contribution in [0.5, 0.6) is 5.75 Å². The van der Waals surface area contributed by atoms with Crippen molar-refractivity contribution in [2.75, 3.05) is 0 Å². The molecule has 18 heavy (non-hydrogen) atoms. The van der Waals surface area contributed by atoms with Gasteiger partial charge in [0, 0.05) is 5.02 Å². The van der Waals surface area contributed by atoms with E-state index in [0.717, 1.165) is 11.8 Å². The molecule has 2 nitrogen and oxygen atoms in total. The Morgan fingerprint density at radius 1 is 1.17 bits per heavy atom. The Labute approximate surface area is 111 Å². The van der Waals surface area contributed by atoms with E-state index in [9.17, 15) is 4.79 Å². The molecule has 0 aliphatic carbocycles. The van der Waals surface area contributed by atoms with Gasteiger partial charge in [-0.25, -0.2) is 0 Å². The highest BCUT2D eigenvalue weighted by Gasteiger charge is 2.10. The molecule has 2 aromatic carbocycles. The number of hydrogen-bond acceptors (Lipinski definition) is 2. The Balaban J connectivity index is 2.24. The second kappa shape index (κ2) is 5.69. The molecule has 0 amide bonds. The van der Waals surface area contributed by atoms with E-state index in [1.54, 1.807) is 18.2 Å². The molecule has 0 aromatic heterocycles. The molecule has 0 saturated heterocycles. The van der Waals surface area contributed by atoms with E-state index in [4.69, 9.17) is 16.3 Å². The molecule has 0 N–H and O–H groups in total. The molecule has 1 atom stereocenters. The topological polar surface area (TPSA) is 26.3 Å². The Hall–Kier alpha value is -1.80. The van der Waals surface area contributed by atoms with Crippen LogP contribution in [0.3, 0.4) is 0 Å². The summed E-state index contributed by atoms with van der Waals surface area (Å²) in [4.78, 5) is 10.9. The summed E-state index contributed by atoms with van der Waals surface area (Å²) in [6, 6.07) is 14.8. The molecule has 2 rings (SSSR count). The van der Waals surface area contributed by atoms with Crippen LogP contribution in [0.2, 0.25) is 5.02 Å². The summed E-state index contributed by atoms with van der Waals surface area (Å²) < 4.78 is 5.79. The minimum atomic E-state index is -0.136. The fraction of sp³-hybridized carbons (Fsp3) is 0.133. The van der Waals surface area contributed by atoms with Crippen LogP contribution in [-0.4, -0.2) is 6.29 Å². The first kappa shape index (κ1) is 12.7. The van der Waals surface area contributed by atoms with Gasteiger partial charge in [0.15, 0.2) is 6.29 Å². The summed E-state index contributed by atoms with van der Waals surface area (Å²) >= 11 is 5.91. The van der Waals surface area contributed by atoms with Crippen molar-refractivity contribution in [2.45, 2.75) is 13.0 Å². The fourth-order valence-electron chi connectivity index (χ4n) is 1.69. The van der Waals surface area contributed by atoms with Crippen LogP contribution in [0.4, 0.5) is 0 Å². The predicted molar refractivity (Wildman–Crippen MR) is 72.3 cm³/mol. The van der Waals surface area contributed by atoms with Crippen molar-refractivity contribution in [1.29, 1.82) is 0 Å². The summed E-state index contributed by atoms with van der Waals surface area (Å²) in [5, 5.41) is 0.552. The van der Waals surface area contributed by atoms with Crippen LogP contribution in [0.25, 0.3) is 0 Å². The van der Waals surface area contributed by atoms with Crippen molar-refractivity contribution in [2.24, 2.45) is 0 Å². The Kier molecular flexibility index (Phi) is 4.00. The average Bonchev–Trinajstić information content (AvgIpc) is 2.40. The lowest BCUT2D eigenvalue weighted by atomic mass is 10.1. The van der Waals surface area contributed by atoms with Crippen molar-refractivity contribution < 1.29 is 9.53 Å². The van der Waals surface area contributed by atoms with Crippen LogP contribution in [0.1, 0.15) is 28.9 Å². The average molecular weight is 261 g/mol. The minimum absolute atomic E-state index is 0.136. The maximum atomic E-state index is 10.9. The standard InChI is InChI=1S/C15H13ClO2/c1-11(12-5-3-2-4-6-12)18-15-9-14(16)8-7-13(15)10-17/h2-11H,1H3. The maximum Gasteiger partial charge on any atom is 0.153 e. The van der Waals surface area contributed by atoms with Crippen LogP contribution in [0, 0.1) is 0 Å². The largest absolute Gasteiger partial charge is 0.485 e. The lowest BCUT2D eigenvalue weighted by molar-refractivity contribution is 0.111. The molecular weight excluding hydrogens is 248 g/mol. The molecule has 3 heteroatoms. The van der Waals surface area contributed by atoms with Gasteiger partial charge < -0.3 is 4.74 Å². The summed E-state index contributed by atoms with van der Waals surface area (Å²) in [5.74, 6) is 0.508. The molecule has 0 aliphatic rings. The van der Waals surface area contributed by atoms with Gasteiger partial charge in [0.05, 0.1) is 5.56 Å². The van der Waals surface area contributed by atoms with Gasteiger partial charge >= 0.3 is 0 Å². The Morgan fingerprint density at radius 3 is 2.56 bits per heavy atom. The number of rotatable bonds is 4. The zero-order valence-electron chi connectivity index (χ0n) is 9.97. The van der Waals surface area contributed by atoms with Gasteiger partial charge in [-0.2, -0.15) is 0 Å². The van der Waals surface area contributed by atoms with Gasteiger partial charge in [-0.15, -0.1) is 0 Å². The number of carbonyl (C=O) groups is 1. The second-order valence-corrected chi connectivity index (χ2v) is 4.41. The molecule has 0 bridgehead atoms. The van der Waals surface area contributed by atoms with Crippen LogP contribution >= 0.6 is 11.6 Å². The molecule has 0 radical (unpaired) electrons. The number of halogens is 1. The normalized spacial score (nSPS) is 11.9. The molecular formula is C15H13ClO2. The number of benzene rings is 2. The third-order valence-corrected chi connectivity index (χ3v) is 2.91. The smallest absolute Gasteiger partial charge is 0.153 e. The van der Waals surface area contributed by atoms with E-state index in [2.05, 4.69) is 0 Å². The van der Waals surface area contributed by atoms with Crippen molar-refractivity contribution in [3.8, 4) is 5.75 Å². The van der Waals surface area contributed by atoms with E-state index < -0.39 is 0 Å². The van der Waals surface area contributed by atoms with Crippen molar-refractivity contribution in [3.63, 3.8) is 0 Å². The molecule has 0 saturated carbocycles. The molecule has 0 aliphatic heterocycles. The highest BCUT2D eigenvalue weighted by molar-refractivity contribution is 6.30. The summed E-state index contributed by atoms with van der Waals surface area (Å²) in [7, 11) is 0. The monoisotopic (exact) mass is 260 g/mol. The highest BCUT2D eigenvalue weighted by atomic mass is 35.5. The van der Waals surface area contributed by atoms with Crippen molar-refractivity contribution >= 4 is 17.9 Å². The fourth-order valence-corrected chi connectivity index (χ4v) is 1.85. The Morgan fingerprint density at radius 2 is 1.89 bits per heavy atom. The maximum absolute atomic E-state index is 10.9. The van der Waals surface area contributed by atoms with Gasteiger partial charge in [-0.1, -0.05) is 41.9 Å². The molecule has 2 aromatic rings. The molecule has 0 spiro atoms. The summed E-state index contributed by atoms with van der Waals surface area (Å²) in [6.45, 7) is 1.94. The Bertz CT molecular complexity index is 537. The molecule has 0 heterocycles. The van der Waals surface area contributed by atoms with Gasteiger partial charge in [0.2, 0.25) is 0 Å². The predicted octanol–water partition coefficient (Wildman–Crippen LogP) is 4.29. The van der Waals surface area contributed by atoms with E-state index in [1.807, 2.05) is 37.3 Å². The van der Waals surface area contributed by atoms with Gasteiger partial charge in [0.25, 0.3) is 0 Å². The quantitative estimate of drug-likeness (QED) is 0.767. The molecule has 1 unspecified atom stereocenters. The van der Waals surface area contributed by atoms with Crippen LogP contribution in [-0.2, 0) is 0 Å². The van der Waals surface area contributed by atoms with Crippen LogP contribution < -0.4 is 4.74 Å². The van der Waals surface area contributed by atoms with Crippen molar-refractivity contribution in [3.05, 3.63) is 64.7 Å². The summed E-state index contributed by atoms with van der Waals surface area (Å²) in [6.07, 6.45) is 0.631. The third-order valence-electron chi connectivity index (χ3n) is 2.68. The van der Waals surface area contributed by atoms with E-state index in [0.29, 0.717) is 16.3 Å². The summed E-state index contributed by atoms with van der Waals surface area (Å²) in [5.41, 5.74) is 1.55. The zero-order chi connectivity index (χ0) is 13.0. The third kappa shape index (κ3) is 2.90. The number of carbonyl (C=O) groups excluding carboxylic acids is 1. The van der Waals surface area contributed by atoms with E-state index in [1.165, 1.54) is 0 Å². The highest BCUT2D eigenvalue weighted by Crippen LogP contribution is 2.27. The van der Waals surface area contributed by atoms with E-state index in [-0.39, 0.29) is 6.10 Å². The van der Waals surface area contributed by atoms with E-state index >= 15 is 0 Å². The van der Waals surface area contributed by atoms with Crippen LogP contribution in [0.15, 0.2) is 48.5 Å². The number of ether oxygens (including phenoxy) is 1. The van der Waals surface area contributed by atoms with Gasteiger partial charge in [-0.05, 0) is 30.7 Å². The van der Waals surface area contributed by atoms with Gasteiger partial charge in [0.1, 0.15) is 11.9 Å².